The molecule has 0 aliphatic rings. The maximum atomic E-state index is 12.3. The molecule has 0 amide bonds. The molecule has 2 radical (unpaired) electrons. The molecule has 0 aromatic heterocycles. The van der Waals surface area contributed by atoms with E-state index in [1.54, 1.807) is 0 Å². The van der Waals surface area contributed by atoms with Gasteiger partial charge in [0.15, 0.2) is 0 Å². The Morgan fingerprint density at radius 1 is 0.905 bits per heavy atom. The van der Waals surface area contributed by atoms with Crippen molar-refractivity contribution < 1.29 is 23.9 Å². The Bertz CT molecular complexity index is 382. The van der Waals surface area contributed by atoms with Crippen LogP contribution in [0.5, 0.6) is 0 Å². The van der Waals surface area contributed by atoms with Gasteiger partial charge in [0.25, 0.3) is 5.78 Å². The first-order chi connectivity index (χ1) is 9.31. The number of Topliss-reactive ketones (excluding diaryl/α,β-unsaturated/α-hetero) is 2. The predicted octanol–water partition coefficient (Wildman–Crippen LogP) is 1.68. The fourth-order valence-corrected chi connectivity index (χ4v) is 2.19. The van der Waals surface area contributed by atoms with Crippen LogP contribution in [0.25, 0.3) is 0 Å². The zero-order valence-electron chi connectivity index (χ0n) is 13.5. The normalized spacial score (nSPS) is 10.5. The number of rotatable bonds is 9. The summed E-state index contributed by atoms with van der Waals surface area (Å²) in [4.78, 5) is 46.8. The van der Waals surface area contributed by atoms with E-state index in [-0.39, 0.29) is 29.7 Å². The molecule has 0 saturated carbocycles. The van der Waals surface area contributed by atoms with E-state index in [0.717, 1.165) is 19.8 Å². The predicted molar refractivity (Wildman–Crippen MR) is 82.5 cm³/mol. The standard InChI is InChI=1S/C15H24O5.Sn.2H/c1-5-7-9-15(11(3)16,10-8-6-2)13(18)14(19)20-12(4)17;;;/h5-10H2,1-4H3;;;. The van der Waals surface area contributed by atoms with E-state index in [1.807, 2.05) is 13.8 Å². The Kier molecular flexibility index (Phi) is 11.7. The summed E-state index contributed by atoms with van der Waals surface area (Å²) in [5.41, 5.74) is -1.33. The van der Waals surface area contributed by atoms with E-state index in [0.29, 0.717) is 25.7 Å². The molecule has 0 unspecified atom stereocenters. The molecule has 5 nitrogen and oxygen atoms in total. The molecule has 0 fully saturated rings. The van der Waals surface area contributed by atoms with Crippen LogP contribution in [-0.4, -0.2) is 47.4 Å². The van der Waals surface area contributed by atoms with Crippen LogP contribution in [0.3, 0.4) is 0 Å². The van der Waals surface area contributed by atoms with Gasteiger partial charge in [-0.1, -0.05) is 39.5 Å². The average molecular weight is 405 g/mol. The third kappa shape index (κ3) is 6.71. The second-order valence-electron chi connectivity index (χ2n) is 5.06. The summed E-state index contributed by atoms with van der Waals surface area (Å²) in [6.45, 7) is 6.27. The Morgan fingerprint density at radius 2 is 1.33 bits per heavy atom. The van der Waals surface area contributed by atoms with E-state index < -0.39 is 23.1 Å². The molecule has 0 N–H and O–H groups in total. The van der Waals surface area contributed by atoms with Crippen molar-refractivity contribution >= 4 is 47.4 Å². The third-order valence-corrected chi connectivity index (χ3v) is 3.44. The number of carbonyl (C=O) groups is 4. The summed E-state index contributed by atoms with van der Waals surface area (Å²) >= 11 is 0. The van der Waals surface area contributed by atoms with E-state index in [9.17, 15) is 19.2 Å². The average Bonchev–Trinajstić information content (AvgIpc) is 2.37. The quantitative estimate of drug-likeness (QED) is 0.253. The third-order valence-electron chi connectivity index (χ3n) is 3.44. The monoisotopic (exact) mass is 406 g/mol. The number of hydrogen-bond donors (Lipinski definition) is 0. The summed E-state index contributed by atoms with van der Waals surface area (Å²) in [5, 5.41) is 0. The van der Waals surface area contributed by atoms with Crippen LogP contribution in [0.15, 0.2) is 0 Å². The summed E-state index contributed by atoms with van der Waals surface area (Å²) in [5.74, 6) is -3.28. The molecule has 0 aromatic rings. The zero-order valence-corrected chi connectivity index (χ0v) is 17.5. The van der Waals surface area contributed by atoms with Gasteiger partial charge in [0.05, 0.1) is 5.41 Å². The fraction of sp³-hybridized carbons (Fsp3) is 0.733. The van der Waals surface area contributed by atoms with Gasteiger partial charge >= 0.3 is 35.8 Å². The van der Waals surface area contributed by atoms with Crippen molar-refractivity contribution in [3.63, 3.8) is 0 Å². The van der Waals surface area contributed by atoms with Crippen molar-refractivity contribution in [3.8, 4) is 0 Å². The first-order valence-electron chi connectivity index (χ1n) is 7.10. The van der Waals surface area contributed by atoms with Crippen molar-refractivity contribution in [3.05, 3.63) is 0 Å². The Labute approximate surface area is 143 Å². The van der Waals surface area contributed by atoms with Crippen molar-refractivity contribution in [2.45, 2.75) is 66.2 Å². The number of ether oxygens (including phenoxy) is 1. The zero-order chi connectivity index (χ0) is 15.8. The van der Waals surface area contributed by atoms with E-state index in [2.05, 4.69) is 4.74 Å². The van der Waals surface area contributed by atoms with E-state index in [1.165, 1.54) is 6.92 Å². The summed E-state index contributed by atoms with van der Waals surface area (Å²) in [6, 6.07) is 0. The molecule has 0 heterocycles. The molecule has 0 aliphatic carbocycles. The molecular formula is C15H26O5Sn. The van der Waals surface area contributed by atoms with Crippen molar-refractivity contribution in [1.82, 2.24) is 0 Å². The second kappa shape index (κ2) is 10.9. The first-order valence-corrected chi connectivity index (χ1v) is 7.10. The van der Waals surface area contributed by atoms with Gasteiger partial charge < -0.3 is 4.74 Å². The fourth-order valence-electron chi connectivity index (χ4n) is 2.19. The number of unbranched alkanes of at least 4 members (excludes halogenated alkanes) is 2. The minimum atomic E-state index is -1.33. The Morgan fingerprint density at radius 3 is 1.62 bits per heavy atom. The van der Waals surface area contributed by atoms with Gasteiger partial charge in [-0.25, -0.2) is 4.79 Å². The number of esters is 2. The van der Waals surface area contributed by atoms with Gasteiger partial charge in [-0.3, -0.25) is 14.4 Å². The molecule has 0 aliphatic heterocycles. The topological polar surface area (TPSA) is 77.5 Å². The summed E-state index contributed by atoms with van der Waals surface area (Å²) in [7, 11) is 0. The van der Waals surface area contributed by atoms with Crippen LogP contribution in [0.4, 0.5) is 0 Å². The van der Waals surface area contributed by atoms with Crippen LogP contribution in [0, 0.1) is 5.41 Å². The van der Waals surface area contributed by atoms with Crippen molar-refractivity contribution in [1.29, 1.82) is 0 Å². The van der Waals surface area contributed by atoms with Crippen molar-refractivity contribution in [2.24, 2.45) is 5.41 Å². The van der Waals surface area contributed by atoms with Crippen LogP contribution in [0.2, 0.25) is 0 Å². The summed E-state index contributed by atoms with van der Waals surface area (Å²) < 4.78 is 4.35. The molecule has 0 saturated heterocycles. The van der Waals surface area contributed by atoms with Gasteiger partial charge in [-0.05, 0) is 19.8 Å². The van der Waals surface area contributed by atoms with Crippen molar-refractivity contribution in [2.75, 3.05) is 0 Å². The number of hydrogen-bond acceptors (Lipinski definition) is 5. The van der Waals surface area contributed by atoms with Gasteiger partial charge in [0.1, 0.15) is 5.78 Å². The second-order valence-corrected chi connectivity index (χ2v) is 5.06. The van der Waals surface area contributed by atoms with Crippen LogP contribution < -0.4 is 0 Å². The first kappa shape index (κ1) is 22.6. The minimum absolute atomic E-state index is 0. The van der Waals surface area contributed by atoms with Crippen LogP contribution >= 0.6 is 0 Å². The number of carbonyl (C=O) groups excluding carboxylic acids is 4. The molecule has 6 heteroatoms. The summed E-state index contributed by atoms with van der Waals surface area (Å²) in [6.07, 6.45) is 3.62. The maximum absolute atomic E-state index is 12.3. The molecule has 0 spiro atoms. The Balaban J connectivity index is 0. The SMILES string of the molecule is CCCCC(CCCC)(C(C)=O)C(=O)C(=O)OC(C)=O.[SnH2]. The molecule has 0 aromatic carbocycles. The number of ketones is 2. The van der Waals surface area contributed by atoms with Gasteiger partial charge in [0, 0.05) is 6.92 Å². The van der Waals surface area contributed by atoms with Crippen LogP contribution in [0.1, 0.15) is 66.2 Å². The molecule has 0 rings (SSSR count). The van der Waals surface area contributed by atoms with Gasteiger partial charge in [-0.2, -0.15) is 0 Å². The molecule has 0 atom stereocenters. The molecular weight excluding hydrogens is 379 g/mol. The molecule has 120 valence electrons. The van der Waals surface area contributed by atoms with Gasteiger partial charge in [-0.15, -0.1) is 0 Å². The van der Waals surface area contributed by atoms with E-state index in [4.69, 9.17) is 0 Å². The van der Waals surface area contributed by atoms with Gasteiger partial charge in [0.2, 0.25) is 0 Å². The molecule has 0 bridgehead atoms. The van der Waals surface area contributed by atoms with Crippen LogP contribution in [-0.2, 0) is 23.9 Å². The van der Waals surface area contributed by atoms with E-state index >= 15 is 0 Å². The molecule has 21 heavy (non-hydrogen) atoms. The Hall–Kier alpha value is -0.721.